The Labute approximate surface area is 154 Å². The molecule has 1 N–H and O–H groups in total. The predicted octanol–water partition coefficient (Wildman–Crippen LogP) is 3.56. The third-order valence-electron chi connectivity index (χ3n) is 4.34. The highest BCUT2D eigenvalue weighted by atomic mass is 32.1. The number of carbonyl (C=O) groups excluding carboxylic acids is 1. The minimum atomic E-state index is -0.299. The summed E-state index contributed by atoms with van der Waals surface area (Å²) in [6.07, 6.45) is 0.709. The lowest BCUT2D eigenvalue weighted by atomic mass is 10.2. The number of carbonyl (C=O) groups is 1. The number of aromatic nitrogens is 2. The van der Waals surface area contributed by atoms with Crippen LogP contribution in [0.4, 0.5) is 9.52 Å². The molecular weight excluding hydrogens is 351 g/mol. The molecule has 1 aliphatic heterocycles. The van der Waals surface area contributed by atoms with Gasteiger partial charge in [-0.1, -0.05) is 42.5 Å². The average Bonchev–Trinajstić information content (AvgIpc) is 3.27. The molecule has 1 atom stereocenters. The average molecular weight is 368 g/mol. The molecule has 1 amide bonds. The fraction of sp³-hybridized carbons (Fsp3) is 0.211. The van der Waals surface area contributed by atoms with Gasteiger partial charge in [-0.05, 0) is 24.1 Å². The molecule has 4 rings (SSSR count). The van der Waals surface area contributed by atoms with Crippen LogP contribution in [0.25, 0.3) is 11.4 Å². The quantitative estimate of drug-likeness (QED) is 0.748. The fourth-order valence-corrected chi connectivity index (χ4v) is 3.62. The Morgan fingerprint density at radius 3 is 2.69 bits per heavy atom. The van der Waals surface area contributed by atoms with Crippen molar-refractivity contribution < 1.29 is 9.18 Å². The van der Waals surface area contributed by atoms with Gasteiger partial charge in [-0.3, -0.25) is 4.79 Å². The number of amides is 1. The number of hydrogen-bond acceptors (Lipinski definition) is 5. The summed E-state index contributed by atoms with van der Waals surface area (Å²) in [6, 6.07) is 15.7. The molecule has 2 aromatic carbocycles. The summed E-state index contributed by atoms with van der Waals surface area (Å²) in [5, 5.41) is 3.84. The molecule has 1 aromatic heterocycles. The third-order valence-corrected chi connectivity index (χ3v) is 4.99. The van der Waals surface area contributed by atoms with Gasteiger partial charge in [-0.25, -0.2) is 4.39 Å². The van der Waals surface area contributed by atoms with Gasteiger partial charge in [0.25, 0.3) is 0 Å². The molecule has 1 saturated heterocycles. The molecule has 1 unspecified atom stereocenters. The zero-order chi connectivity index (χ0) is 17.9. The molecule has 7 heteroatoms. The Bertz CT molecular complexity index is 897. The van der Waals surface area contributed by atoms with Crippen molar-refractivity contribution in [2.24, 2.45) is 0 Å². The van der Waals surface area contributed by atoms with E-state index in [1.165, 1.54) is 23.7 Å². The molecule has 0 radical (unpaired) electrons. The molecule has 0 spiro atoms. The van der Waals surface area contributed by atoms with Crippen molar-refractivity contribution in [1.29, 1.82) is 0 Å². The molecule has 1 aliphatic rings. The van der Waals surface area contributed by atoms with Crippen LogP contribution < -0.4 is 5.32 Å². The van der Waals surface area contributed by atoms with E-state index in [0.29, 0.717) is 30.5 Å². The van der Waals surface area contributed by atoms with E-state index in [9.17, 15) is 9.18 Å². The minimum absolute atomic E-state index is 0.0331. The Morgan fingerprint density at radius 1 is 1.15 bits per heavy atom. The smallest absolute Gasteiger partial charge is 0.245 e. The lowest BCUT2D eigenvalue weighted by Gasteiger charge is -2.17. The van der Waals surface area contributed by atoms with Gasteiger partial charge in [0.1, 0.15) is 11.9 Å². The van der Waals surface area contributed by atoms with Crippen molar-refractivity contribution in [3.8, 4) is 11.4 Å². The molecule has 132 valence electrons. The predicted molar refractivity (Wildman–Crippen MR) is 99.2 cm³/mol. The molecule has 26 heavy (non-hydrogen) atoms. The summed E-state index contributed by atoms with van der Waals surface area (Å²) in [7, 11) is 0. The fourth-order valence-electron chi connectivity index (χ4n) is 2.98. The van der Waals surface area contributed by atoms with Crippen molar-refractivity contribution in [1.82, 2.24) is 14.3 Å². The summed E-state index contributed by atoms with van der Waals surface area (Å²) in [5.74, 6) is 0.420. The van der Waals surface area contributed by atoms with E-state index >= 15 is 0 Å². The number of rotatable bonds is 5. The number of halogens is 1. The maximum Gasteiger partial charge on any atom is 0.245 e. The van der Waals surface area contributed by atoms with E-state index in [1.54, 1.807) is 17.0 Å². The molecule has 1 fully saturated rings. The zero-order valence-corrected chi connectivity index (χ0v) is 14.7. The van der Waals surface area contributed by atoms with Crippen molar-refractivity contribution in [3.63, 3.8) is 0 Å². The van der Waals surface area contributed by atoms with Crippen LogP contribution in [-0.2, 0) is 11.3 Å². The highest BCUT2D eigenvalue weighted by Gasteiger charge is 2.32. The lowest BCUT2D eigenvalue weighted by Crippen LogP contribution is -2.33. The van der Waals surface area contributed by atoms with Gasteiger partial charge in [0.15, 0.2) is 5.82 Å². The number of hydrogen-bond donors (Lipinski definition) is 1. The number of benzene rings is 2. The second-order valence-electron chi connectivity index (χ2n) is 6.16. The highest BCUT2D eigenvalue weighted by molar-refractivity contribution is 7.09. The number of nitrogens with zero attached hydrogens (tertiary/aromatic N) is 3. The first-order valence-electron chi connectivity index (χ1n) is 8.38. The van der Waals surface area contributed by atoms with Crippen molar-refractivity contribution in [2.45, 2.75) is 19.0 Å². The summed E-state index contributed by atoms with van der Waals surface area (Å²) >= 11 is 1.26. The second-order valence-corrected chi connectivity index (χ2v) is 6.91. The molecule has 0 aliphatic carbocycles. The zero-order valence-electron chi connectivity index (χ0n) is 13.9. The van der Waals surface area contributed by atoms with E-state index < -0.39 is 0 Å². The first kappa shape index (κ1) is 16.7. The van der Waals surface area contributed by atoms with E-state index in [2.05, 4.69) is 14.7 Å². The van der Waals surface area contributed by atoms with E-state index in [1.807, 2.05) is 30.3 Å². The summed E-state index contributed by atoms with van der Waals surface area (Å²) < 4.78 is 17.4. The number of anilines is 1. The molecule has 3 aromatic rings. The van der Waals surface area contributed by atoms with Crippen LogP contribution in [-0.4, -0.2) is 32.8 Å². The first-order chi connectivity index (χ1) is 12.7. The van der Waals surface area contributed by atoms with Crippen LogP contribution in [0.3, 0.4) is 0 Å². The van der Waals surface area contributed by atoms with Gasteiger partial charge in [0, 0.05) is 30.2 Å². The molecule has 0 saturated carbocycles. The van der Waals surface area contributed by atoms with Gasteiger partial charge in [0.2, 0.25) is 11.0 Å². The van der Waals surface area contributed by atoms with Gasteiger partial charge < -0.3 is 10.2 Å². The first-order valence-corrected chi connectivity index (χ1v) is 9.15. The Balaban J connectivity index is 1.39. The number of likely N-dealkylation sites (tertiary alicyclic amines) is 1. The molecule has 5 nitrogen and oxygen atoms in total. The summed E-state index contributed by atoms with van der Waals surface area (Å²) in [5.41, 5.74) is 1.87. The number of nitrogens with one attached hydrogen (secondary N) is 1. The van der Waals surface area contributed by atoms with Crippen LogP contribution in [0.5, 0.6) is 0 Å². The van der Waals surface area contributed by atoms with Gasteiger partial charge in [0.05, 0.1) is 0 Å². The van der Waals surface area contributed by atoms with Crippen LogP contribution in [0.15, 0.2) is 54.6 Å². The van der Waals surface area contributed by atoms with Crippen LogP contribution in [0.1, 0.15) is 12.0 Å². The van der Waals surface area contributed by atoms with Gasteiger partial charge in [-0.2, -0.15) is 9.36 Å². The lowest BCUT2D eigenvalue weighted by molar-refractivity contribution is -0.128. The van der Waals surface area contributed by atoms with E-state index in [0.717, 1.165) is 11.1 Å². The maximum absolute atomic E-state index is 13.0. The highest BCUT2D eigenvalue weighted by Crippen LogP contribution is 2.24. The topological polar surface area (TPSA) is 58.1 Å². The van der Waals surface area contributed by atoms with Gasteiger partial charge >= 0.3 is 0 Å². The van der Waals surface area contributed by atoms with Crippen molar-refractivity contribution in [3.05, 3.63) is 66.0 Å². The summed E-state index contributed by atoms with van der Waals surface area (Å²) in [6.45, 7) is 1.15. The Morgan fingerprint density at radius 2 is 1.92 bits per heavy atom. The maximum atomic E-state index is 13.0. The SMILES string of the molecule is O=C1C(Nc2nc(-c3ccccc3)ns2)CCN1Cc1ccc(F)cc1. The van der Waals surface area contributed by atoms with Crippen LogP contribution in [0.2, 0.25) is 0 Å². The molecular formula is C19H17FN4OS. The van der Waals surface area contributed by atoms with Crippen molar-refractivity contribution >= 4 is 22.6 Å². The normalized spacial score (nSPS) is 16.9. The molecule has 0 bridgehead atoms. The van der Waals surface area contributed by atoms with Crippen LogP contribution in [0, 0.1) is 5.82 Å². The third kappa shape index (κ3) is 3.57. The van der Waals surface area contributed by atoms with Gasteiger partial charge in [-0.15, -0.1) is 0 Å². The van der Waals surface area contributed by atoms with Crippen molar-refractivity contribution in [2.75, 3.05) is 11.9 Å². The monoisotopic (exact) mass is 368 g/mol. The Kier molecular flexibility index (Phi) is 4.62. The van der Waals surface area contributed by atoms with Crippen LogP contribution >= 0.6 is 11.5 Å². The Hall–Kier alpha value is -2.80. The summed E-state index contributed by atoms with van der Waals surface area (Å²) in [4.78, 5) is 18.9. The minimum Gasteiger partial charge on any atom is -0.348 e. The molecule has 2 heterocycles. The second kappa shape index (κ2) is 7.21. The van der Waals surface area contributed by atoms with E-state index in [-0.39, 0.29) is 17.8 Å². The van der Waals surface area contributed by atoms with E-state index in [4.69, 9.17) is 0 Å². The largest absolute Gasteiger partial charge is 0.348 e. The standard InChI is InChI=1S/C19H17FN4OS/c20-15-8-6-13(7-9-15)12-24-11-10-16(18(24)25)21-19-22-17(23-26-19)14-4-2-1-3-5-14/h1-9,16H,10-12H2,(H,21,22,23).